The summed E-state index contributed by atoms with van der Waals surface area (Å²) in [4.78, 5) is 23.6. The van der Waals surface area contributed by atoms with Crippen LogP contribution in [0, 0.1) is 0 Å². The van der Waals surface area contributed by atoms with Crippen LogP contribution in [-0.4, -0.2) is 56.7 Å². The Balaban J connectivity index is 2.14. The van der Waals surface area contributed by atoms with Gasteiger partial charge in [0.25, 0.3) is 5.91 Å². The fourth-order valence-electron chi connectivity index (χ4n) is 1.78. The van der Waals surface area contributed by atoms with Crippen LogP contribution in [0.4, 0.5) is 10.8 Å². The maximum absolute atomic E-state index is 12.5. The van der Waals surface area contributed by atoms with E-state index in [0.29, 0.717) is 4.34 Å². The number of para-hydroxylation sites is 1. The first-order valence-corrected chi connectivity index (χ1v) is 10.7. The van der Waals surface area contributed by atoms with Gasteiger partial charge < -0.3 is 4.74 Å². The van der Waals surface area contributed by atoms with Crippen LogP contribution in [0.15, 0.2) is 28.6 Å². The largest absolute Gasteiger partial charge is 0.468 e. The van der Waals surface area contributed by atoms with Gasteiger partial charge in [0.05, 0.1) is 30.4 Å². The van der Waals surface area contributed by atoms with Crippen molar-refractivity contribution in [3.05, 3.63) is 29.8 Å². The predicted octanol–water partition coefficient (Wildman–Crippen LogP) is 1.45. The van der Waals surface area contributed by atoms with Gasteiger partial charge in [0.15, 0.2) is 4.34 Å². The number of sulfonamides is 1. The molecule has 0 aliphatic heterocycles. The first-order chi connectivity index (χ1) is 12.2. The van der Waals surface area contributed by atoms with Crippen LogP contribution in [-0.2, 0) is 19.6 Å². The highest BCUT2D eigenvalue weighted by Gasteiger charge is 2.20. The summed E-state index contributed by atoms with van der Waals surface area (Å²) >= 11 is 2.24. The Morgan fingerprint density at radius 3 is 2.65 bits per heavy atom. The van der Waals surface area contributed by atoms with Crippen LogP contribution in [0.1, 0.15) is 10.4 Å². The fraction of sp³-hybridized carbons (Fsp3) is 0.286. The number of rotatable bonds is 7. The van der Waals surface area contributed by atoms with Crippen molar-refractivity contribution >= 4 is 55.8 Å². The lowest BCUT2D eigenvalue weighted by Gasteiger charge is -2.19. The van der Waals surface area contributed by atoms with Crippen LogP contribution in [0.5, 0.6) is 0 Å². The van der Waals surface area contributed by atoms with Crippen LogP contribution < -0.4 is 9.62 Å². The molecule has 26 heavy (non-hydrogen) atoms. The molecule has 0 spiro atoms. The number of ether oxygens (including phenoxy) is 1. The van der Waals surface area contributed by atoms with E-state index < -0.39 is 21.9 Å². The van der Waals surface area contributed by atoms with Crippen molar-refractivity contribution in [2.45, 2.75) is 4.34 Å². The van der Waals surface area contributed by atoms with Gasteiger partial charge in [0.2, 0.25) is 15.2 Å². The second kappa shape index (κ2) is 8.47. The van der Waals surface area contributed by atoms with E-state index in [4.69, 9.17) is 0 Å². The van der Waals surface area contributed by atoms with E-state index in [1.165, 1.54) is 26.3 Å². The smallest absolute Gasteiger partial charge is 0.316 e. The zero-order chi connectivity index (χ0) is 19.3. The van der Waals surface area contributed by atoms with Gasteiger partial charge in [0, 0.05) is 7.05 Å². The molecular weight excluding hydrogens is 400 g/mol. The normalized spacial score (nSPS) is 11.0. The predicted molar refractivity (Wildman–Crippen MR) is 100 cm³/mol. The average molecular weight is 417 g/mol. The molecule has 0 saturated carbocycles. The molecule has 12 heteroatoms. The zero-order valence-electron chi connectivity index (χ0n) is 14.1. The molecule has 0 atom stereocenters. The van der Waals surface area contributed by atoms with Crippen molar-refractivity contribution in [1.29, 1.82) is 0 Å². The van der Waals surface area contributed by atoms with Gasteiger partial charge in [-0.3, -0.25) is 19.2 Å². The molecule has 9 nitrogen and oxygen atoms in total. The van der Waals surface area contributed by atoms with Gasteiger partial charge in [-0.25, -0.2) is 8.42 Å². The third kappa shape index (κ3) is 5.16. The van der Waals surface area contributed by atoms with E-state index in [9.17, 15) is 18.0 Å². The molecule has 1 aromatic heterocycles. The number of methoxy groups -OCH3 is 1. The Labute approximate surface area is 158 Å². The maximum atomic E-state index is 12.5. The minimum absolute atomic E-state index is 0.0844. The van der Waals surface area contributed by atoms with Gasteiger partial charge in [0.1, 0.15) is 0 Å². The van der Waals surface area contributed by atoms with Crippen LogP contribution in [0.3, 0.4) is 0 Å². The molecule has 1 amide bonds. The third-order valence-corrected chi connectivity index (χ3v) is 6.29. The summed E-state index contributed by atoms with van der Waals surface area (Å²) in [5.74, 6) is -0.827. The Bertz CT molecular complexity index is 913. The molecule has 2 rings (SSSR count). The van der Waals surface area contributed by atoms with Gasteiger partial charge in [-0.05, 0) is 12.1 Å². The molecule has 0 fully saturated rings. The number of hydrogen-bond acceptors (Lipinski definition) is 9. The highest BCUT2D eigenvalue weighted by molar-refractivity contribution is 8.01. The standard InChI is InChI=1S/C14H16N4O5S3/c1-18(26(3,21)22)10-7-5-4-6-9(10)12(20)15-13-16-17-14(25-13)24-8-11(19)23-2/h4-7H,8H2,1-3H3,(H,15,16,20). The quantitative estimate of drug-likeness (QED) is 0.409. The van der Waals surface area contributed by atoms with Crippen molar-refractivity contribution in [1.82, 2.24) is 10.2 Å². The number of hydrogen-bond donors (Lipinski definition) is 1. The van der Waals surface area contributed by atoms with Crippen LogP contribution >= 0.6 is 23.1 Å². The lowest BCUT2D eigenvalue weighted by Crippen LogP contribution is -2.27. The first kappa shape index (κ1) is 20.1. The number of carbonyl (C=O) groups excluding carboxylic acids is 2. The number of nitrogens with one attached hydrogen (secondary N) is 1. The van der Waals surface area contributed by atoms with Crippen molar-refractivity contribution in [2.75, 3.05) is 35.8 Å². The van der Waals surface area contributed by atoms with Gasteiger partial charge in [-0.1, -0.05) is 35.2 Å². The summed E-state index contributed by atoms with van der Waals surface area (Å²) in [6.07, 6.45) is 1.05. The van der Waals surface area contributed by atoms with Crippen molar-refractivity contribution < 1.29 is 22.7 Å². The van der Waals surface area contributed by atoms with E-state index in [1.54, 1.807) is 12.1 Å². The lowest BCUT2D eigenvalue weighted by atomic mass is 10.1. The fourth-order valence-corrected chi connectivity index (χ4v) is 3.88. The minimum Gasteiger partial charge on any atom is -0.468 e. The minimum atomic E-state index is -3.52. The molecule has 0 aliphatic rings. The Morgan fingerprint density at radius 1 is 1.31 bits per heavy atom. The highest BCUT2D eigenvalue weighted by Crippen LogP contribution is 2.27. The second-order valence-corrected chi connectivity index (χ2v) is 9.15. The number of nitrogens with zero attached hydrogens (tertiary/aromatic N) is 3. The number of carbonyl (C=O) groups is 2. The van der Waals surface area contributed by atoms with E-state index in [1.807, 2.05) is 0 Å². The molecule has 0 unspecified atom stereocenters. The first-order valence-electron chi connectivity index (χ1n) is 7.09. The average Bonchev–Trinajstić information content (AvgIpc) is 3.05. The number of esters is 1. The van der Waals surface area contributed by atoms with E-state index in [0.717, 1.165) is 33.7 Å². The summed E-state index contributed by atoms with van der Waals surface area (Å²) in [5.41, 5.74) is 0.427. The zero-order valence-corrected chi connectivity index (χ0v) is 16.6. The third-order valence-electron chi connectivity index (χ3n) is 3.15. The molecular formula is C14H16N4O5S3. The molecule has 0 aliphatic carbocycles. The number of thioether (sulfide) groups is 1. The molecule has 0 bridgehead atoms. The maximum Gasteiger partial charge on any atom is 0.316 e. The molecule has 1 aromatic carbocycles. The van der Waals surface area contributed by atoms with Crippen molar-refractivity contribution in [3.63, 3.8) is 0 Å². The monoisotopic (exact) mass is 416 g/mol. The number of aromatic nitrogens is 2. The topological polar surface area (TPSA) is 119 Å². The van der Waals surface area contributed by atoms with Crippen molar-refractivity contribution in [2.24, 2.45) is 0 Å². The summed E-state index contributed by atoms with van der Waals surface area (Å²) in [6.45, 7) is 0. The molecule has 140 valence electrons. The number of amides is 1. The molecule has 1 heterocycles. The summed E-state index contributed by atoms with van der Waals surface area (Å²) in [7, 11) is -0.858. The van der Waals surface area contributed by atoms with E-state index in [-0.39, 0.29) is 22.1 Å². The Hall–Kier alpha value is -2.18. The van der Waals surface area contributed by atoms with Crippen LogP contribution in [0.25, 0.3) is 0 Å². The summed E-state index contributed by atoms with van der Waals surface area (Å²) in [6, 6.07) is 6.32. The summed E-state index contributed by atoms with van der Waals surface area (Å²) in [5, 5.41) is 10.5. The SMILES string of the molecule is COC(=O)CSc1nnc(NC(=O)c2ccccc2N(C)S(C)(=O)=O)s1. The number of anilines is 2. The number of benzene rings is 1. The molecule has 2 aromatic rings. The Morgan fingerprint density at radius 2 is 2.00 bits per heavy atom. The lowest BCUT2D eigenvalue weighted by molar-refractivity contribution is -0.137. The summed E-state index contributed by atoms with van der Waals surface area (Å²) < 4.78 is 29.6. The molecule has 1 N–H and O–H groups in total. The van der Waals surface area contributed by atoms with Crippen molar-refractivity contribution in [3.8, 4) is 0 Å². The Kier molecular flexibility index (Phi) is 6.56. The van der Waals surface area contributed by atoms with Gasteiger partial charge in [-0.15, -0.1) is 10.2 Å². The van der Waals surface area contributed by atoms with Gasteiger partial charge in [-0.2, -0.15) is 0 Å². The second-order valence-electron chi connectivity index (χ2n) is 4.94. The van der Waals surface area contributed by atoms with Crippen LogP contribution in [0.2, 0.25) is 0 Å². The molecule has 0 radical (unpaired) electrons. The highest BCUT2D eigenvalue weighted by atomic mass is 32.2. The molecule has 0 saturated heterocycles. The van der Waals surface area contributed by atoms with E-state index in [2.05, 4.69) is 20.3 Å². The van der Waals surface area contributed by atoms with Gasteiger partial charge >= 0.3 is 5.97 Å². The van der Waals surface area contributed by atoms with E-state index >= 15 is 0 Å².